The molecule has 0 aromatic heterocycles. The fourth-order valence-electron chi connectivity index (χ4n) is 3.92. The molecule has 1 heterocycles. The number of carbonyl (C=O) groups excluding carboxylic acids is 3. The first-order valence-corrected chi connectivity index (χ1v) is 10.5. The summed E-state index contributed by atoms with van der Waals surface area (Å²) >= 11 is 0. The summed E-state index contributed by atoms with van der Waals surface area (Å²) in [5, 5.41) is 8.51. The minimum absolute atomic E-state index is 0.108. The van der Waals surface area contributed by atoms with Crippen molar-refractivity contribution in [3.63, 3.8) is 0 Å². The average Bonchev–Trinajstić information content (AvgIpc) is 3.02. The van der Waals surface area contributed by atoms with E-state index in [4.69, 9.17) is 0 Å². The van der Waals surface area contributed by atoms with E-state index in [1.54, 1.807) is 36.4 Å². The molecule has 0 saturated heterocycles. The van der Waals surface area contributed by atoms with Gasteiger partial charge in [-0.25, -0.2) is 0 Å². The lowest BCUT2D eigenvalue weighted by Gasteiger charge is -2.28. The largest absolute Gasteiger partial charge is 0.337 e. The molecule has 1 aliphatic heterocycles. The second-order valence-corrected chi connectivity index (χ2v) is 8.21. The third kappa shape index (κ3) is 4.39. The maximum Gasteiger partial charge on any atom is 0.255 e. The van der Waals surface area contributed by atoms with Crippen molar-refractivity contribution < 1.29 is 14.4 Å². The van der Waals surface area contributed by atoms with Gasteiger partial charge in [0, 0.05) is 16.9 Å². The highest BCUT2D eigenvalue weighted by Gasteiger charge is 2.49. The third-order valence-electron chi connectivity index (χ3n) is 5.62. The van der Waals surface area contributed by atoms with Gasteiger partial charge in [-0.2, -0.15) is 0 Å². The molecule has 0 fully saturated rings. The van der Waals surface area contributed by atoms with E-state index < -0.39 is 11.4 Å². The number of fused-ring (bicyclic) bond motifs is 1. The first-order valence-electron chi connectivity index (χ1n) is 10.5. The van der Waals surface area contributed by atoms with Crippen LogP contribution in [0.1, 0.15) is 28.7 Å². The predicted octanol–water partition coefficient (Wildman–Crippen LogP) is 3.84. The Kier molecular flexibility index (Phi) is 5.77. The highest BCUT2D eigenvalue weighted by atomic mass is 16.2. The molecule has 32 heavy (non-hydrogen) atoms. The number of carbonyl (C=O) groups is 3. The van der Waals surface area contributed by atoms with Crippen LogP contribution in [0.25, 0.3) is 0 Å². The van der Waals surface area contributed by atoms with Gasteiger partial charge in [-0.1, -0.05) is 65.7 Å². The minimum atomic E-state index is -1.48. The van der Waals surface area contributed by atoms with E-state index in [-0.39, 0.29) is 24.7 Å². The number of nitrogens with one attached hydrogen (secondary N) is 3. The van der Waals surface area contributed by atoms with Gasteiger partial charge in [0.1, 0.15) is 0 Å². The van der Waals surface area contributed by atoms with Gasteiger partial charge in [0.2, 0.25) is 11.8 Å². The van der Waals surface area contributed by atoms with Crippen LogP contribution >= 0.6 is 0 Å². The summed E-state index contributed by atoms with van der Waals surface area (Å²) in [6.45, 7) is 3.94. The number of hydrogen-bond acceptors (Lipinski definition) is 3. The van der Waals surface area contributed by atoms with E-state index in [2.05, 4.69) is 16.0 Å². The van der Waals surface area contributed by atoms with Gasteiger partial charge < -0.3 is 16.0 Å². The van der Waals surface area contributed by atoms with Gasteiger partial charge in [-0.05, 0) is 37.6 Å². The lowest BCUT2D eigenvalue weighted by molar-refractivity contribution is -0.132. The molecule has 3 amide bonds. The summed E-state index contributed by atoms with van der Waals surface area (Å²) in [7, 11) is 0. The standard InChI is InChI=1S/C26H25N3O3/c1-17-7-11-19(12-8-17)15-23(30)29-26(21-5-3-4-6-22(21)28-25(26)32)16-24(31)27-20-13-9-18(2)10-14-20/h3-14H,15-16H2,1-2H3,(H,27,31)(H,28,32)(H,29,30). The van der Waals surface area contributed by atoms with Crippen molar-refractivity contribution in [1.29, 1.82) is 0 Å². The summed E-state index contributed by atoms with van der Waals surface area (Å²) in [6, 6.07) is 22.2. The Morgan fingerprint density at radius 3 is 2.16 bits per heavy atom. The third-order valence-corrected chi connectivity index (χ3v) is 5.62. The number of para-hydroxylation sites is 1. The van der Waals surface area contributed by atoms with Crippen molar-refractivity contribution in [1.82, 2.24) is 5.32 Å². The van der Waals surface area contributed by atoms with E-state index in [0.717, 1.165) is 16.7 Å². The minimum Gasteiger partial charge on any atom is -0.337 e. The van der Waals surface area contributed by atoms with Crippen molar-refractivity contribution in [3.8, 4) is 0 Å². The van der Waals surface area contributed by atoms with Crippen LogP contribution in [-0.4, -0.2) is 17.7 Å². The lowest BCUT2D eigenvalue weighted by atomic mass is 9.87. The Morgan fingerprint density at radius 1 is 0.844 bits per heavy atom. The van der Waals surface area contributed by atoms with E-state index in [1.807, 2.05) is 50.2 Å². The molecule has 0 bridgehead atoms. The molecule has 0 saturated carbocycles. The van der Waals surface area contributed by atoms with Crippen LogP contribution in [0.2, 0.25) is 0 Å². The summed E-state index contributed by atoms with van der Waals surface area (Å²) in [4.78, 5) is 39.0. The Labute approximate surface area is 187 Å². The van der Waals surface area contributed by atoms with Crippen LogP contribution < -0.4 is 16.0 Å². The van der Waals surface area contributed by atoms with Crippen LogP contribution in [-0.2, 0) is 26.3 Å². The zero-order valence-electron chi connectivity index (χ0n) is 18.1. The number of benzene rings is 3. The van der Waals surface area contributed by atoms with Crippen LogP contribution in [0.4, 0.5) is 11.4 Å². The van der Waals surface area contributed by atoms with Crippen LogP contribution in [0.5, 0.6) is 0 Å². The molecule has 6 nitrogen and oxygen atoms in total. The van der Waals surface area contributed by atoms with Crippen molar-refractivity contribution in [2.45, 2.75) is 32.2 Å². The molecule has 0 radical (unpaired) electrons. The number of anilines is 2. The summed E-state index contributed by atoms with van der Waals surface area (Å²) in [6.07, 6.45) is -0.111. The maximum atomic E-state index is 13.1. The number of amides is 3. The van der Waals surface area contributed by atoms with Crippen molar-refractivity contribution in [2.75, 3.05) is 10.6 Å². The Hall–Kier alpha value is -3.93. The SMILES string of the molecule is Cc1ccc(CC(=O)NC2(CC(=O)Nc3ccc(C)cc3)C(=O)Nc3ccccc32)cc1. The van der Waals surface area contributed by atoms with Crippen LogP contribution in [0.15, 0.2) is 72.8 Å². The van der Waals surface area contributed by atoms with E-state index >= 15 is 0 Å². The molecule has 1 atom stereocenters. The van der Waals surface area contributed by atoms with E-state index in [0.29, 0.717) is 16.9 Å². The maximum absolute atomic E-state index is 13.1. The molecule has 3 aromatic carbocycles. The molecule has 1 unspecified atom stereocenters. The normalized spacial score (nSPS) is 16.8. The smallest absolute Gasteiger partial charge is 0.255 e. The Bertz CT molecular complexity index is 1110. The number of hydrogen-bond donors (Lipinski definition) is 3. The predicted molar refractivity (Wildman–Crippen MR) is 124 cm³/mol. The fraction of sp³-hybridized carbons (Fsp3) is 0.192. The van der Waals surface area contributed by atoms with Gasteiger partial charge in [-0.3, -0.25) is 14.4 Å². The lowest BCUT2D eigenvalue weighted by Crippen LogP contribution is -2.53. The molecule has 3 aromatic rings. The van der Waals surface area contributed by atoms with Crippen LogP contribution in [0.3, 0.4) is 0 Å². The number of rotatable bonds is 6. The average molecular weight is 428 g/mol. The van der Waals surface area contributed by atoms with Crippen LogP contribution in [0, 0.1) is 13.8 Å². The molecule has 1 aliphatic rings. The molecule has 6 heteroatoms. The van der Waals surface area contributed by atoms with Gasteiger partial charge in [0.25, 0.3) is 5.91 Å². The van der Waals surface area contributed by atoms with Gasteiger partial charge >= 0.3 is 0 Å². The monoisotopic (exact) mass is 427 g/mol. The summed E-state index contributed by atoms with van der Waals surface area (Å²) in [5.41, 5.74) is 3.34. The molecule has 0 spiro atoms. The molecule has 3 N–H and O–H groups in total. The Morgan fingerprint density at radius 2 is 1.47 bits per heavy atom. The van der Waals surface area contributed by atoms with Crippen molar-refractivity contribution in [2.24, 2.45) is 0 Å². The first-order chi connectivity index (χ1) is 15.4. The molecular weight excluding hydrogens is 402 g/mol. The van der Waals surface area contributed by atoms with Crippen molar-refractivity contribution in [3.05, 3.63) is 95.1 Å². The zero-order chi connectivity index (χ0) is 22.7. The quantitative estimate of drug-likeness (QED) is 0.559. The van der Waals surface area contributed by atoms with Gasteiger partial charge in [0.15, 0.2) is 5.54 Å². The topological polar surface area (TPSA) is 87.3 Å². The first kappa shape index (κ1) is 21.3. The van der Waals surface area contributed by atoms with E-state index in [9.17, 15) is 14.4 Å². The molecule has 4 rings (SSSR count). The molecular formula is C26H25N3O3. The summed E-state index contributed by atoms with van der Waals surface area (Å²) < 4.78 is 0. The van der Waals surface area contributed by atoms with E-state index in [1.165, 1.54) is 0 Å². The van der Waals surface area contributed by atoms with Crippen molar-refractivity contribution >= 4 is 29.1 Å². The Balaban J connectivity index is 1.59. The zero-order valence-corrected chi connectivity index (χ0v) is 18.1. The summed E-state index contributed by atoms with van der Waals surface area (Å²) in [5.74, 6) is -1.12. The van der Waals surface area contributed by atoms with Gasteiger partial charge in [-0.15, -0.1) is 0 Å². The van der Waals surface area contributed by atoms with Gasteiger partial charge in [0.05, 0.1) is 12.8 Å². The molecule has 162 valence electrons. The molecule has 0 aliphatic carbocycles. The fourth-order valence-corrected chi connectivity index (χ4v) is 3.92. The second-order valence-electron chi connectivity index (χ2n) is 8.21. The second kappa shape index (κ2) is 8.67. The highest BCUT2D eigenvalue weighted by molar-refractivity contribution is 6.10. The number of aryl methyl sites for hydroxylation is 2. The highest BCUT2D eigenvalue weighted by Crippen LogP contribution is 2.38.